The highest BCUT2D eigenvalue weighted by atomic mass is 35.5. The number of halogens is 2. The lowest BCUT2D eigenvalue weighted by Crippen LogP contribution is -2.48. The Hall–Kier alpha value is -0.0300. The van der Waals surface area contributed by atoms with Crippen LogP contribution < -0.4 is 10.6 Å². The smallest absolute Gasteiger partial charge is 0.221 e. The van der Waals surface area contributed by atoms with Crippen molar-refractivity contribution in [2.24, 2.45) is 0 Å². The van der Waals surface area contributed by atoms with E-state index in [0.717, 1.165) is 13.1 Å². The van der Waals surface area contributed by atoms with E-state index in [1.807, 2.05) is 7.05 Å². The van der Waals surface area contributed by atoms with Gasteiger partial charge in [-0.2, -0.15) is 0 Å². The number of likely N-dealkylation sites (tertiary alicyclic amines) is 1. The molecule has 2 unspecified atom stereocenters. The maximum atomic E-state index is 11.5. The summed E-state index contributed by atoms with van der Waals surface area (Å²) >= 11 is 0. The average molecular weight is 314 g/mol. The normalized spacial score (nSPS) is 20.9. The second-order valence-electron chi connectivity index (χ2n) is 5.09. The van der Waals surface area contributed by atoms with E-state index >= 15 is 0 Å². The molecule has 1 saturated heterocycles. The Balaban J connectivity index is 0. The molecule has 0 aliphatic carbocycles. The minimum absolute atomic E-state index is 0. The van der Waals surface area contributed by atoms with Gasteiger partial charge in [0.25, 0.3) is 0 Å². The quantitative estimate of drug-likeness (QED) is 0.786. The summed E-state index contributed by atoms with van der Waals surface area (Å²) in [7, 11) is 1.87. The van der Waals surface area contributed by atoms with Crippen LogP contribution in [0.5, 0.6) is 0 Å². The molecule has 1 amide bonds. The molecule has 0 spiro atoms. The van der Waals surface area contributed by atoms with Gasteiger partial charge in [0, 0.05) is 31.6 Å². The Labute approximate surface area is 129 Å². The molecular formula is C13H29Cl2N3O. The monoisotopic (exact) mass is 313 g/mol. The summed E-state index contributed by atoms with van der Waals surface area (Å²) in [5.41, 5.74) is 0. The predicted molar refractivity (Wildman–Crippen MR) is 85.5 cm³/mol. The van der Waals surface area contributed by atoms with Crippen LogP contribution >= 0.6 is 24.8 Å². The van der Waals surface area contributed by atoms with Crippen LogP contribution in [0.2, 0.25) is 0 Å². The van der Waals surface area contributed by atoms with E-state index in [1.54, 1.807) is 0 Å². The number of nitrogens with zero attached hydrogens (tertiary/aromatic N) is 1. The average Bonchev–Trinajstić information content (AvgIpc) is 2.34. The largest absolute Gasteiger partial charge is 0.355 e. The Bertz CT molecular complexity index is 242. The fourth-order valence-corrected chi connectivity index (χ4v) is 2.48. The fraction of sp³-hybridized carbons (Fsp3) is 0.923. The summed E-state index contributed by atoms with van der Waals surface area (Å²) < 4.78 is 0. The number of amides is 1. The molecule has 4 nitrogen and oxygen atoms in total. The predicted octanol–water partition coefficient (Wildman–Crippen LogP) is 1.82. The number of rotatable bonds is 6. The SMILES string of the molecule is CNCCC(=O)NCC(C)N1CCCCC1C.Cl.Cl. The minimum Gasteiger partial charge on any atom is -0.355 e. The van der Waals surface area contributed by atoms with Crippen LogP contribution in [-0.2, 0) is 4.79 Å². The van der Waals surface area contributed by atoms with Gasteiger partial charge in [-0.25, -0.2) is 0 Å². The lowest BCUT2D eigenvalue weighted by molar-refractivity contribution is -0.121. The lowest BCUT2D eigenvalue weighted by Gasteiger charge is -2.38. The zero-order valence-corrected chi connectivity index (χ0v) is 13.9. The fourth-order valence-electron chi connectivity index (χ4n) is 2.48. The Morgan fingerprint density at radius 2 is 2.05 bits per heavy atom. The van der Waals surface area contributed by atoms with Gasteiger partial charge in [-0.3, -0.25) is 9.69 Å². The highest BCUT2D eigenvalue weighted by molar-refractivity contribution is 5.85. The third kappa shape index (κ3) is 7.98. The maximum absolute atomic E-state index is 11.5. The van der Waals surface area contributed by atoms with E-state index in [9.17, 15) is 4.79 Å². The minimum atomic E-state index is 0. The summed E-state index contributed by atoms with van der Waals surface area (Å²) in [6.45, 7) is 7.20. The van der Waals surface area contributed by atoms with Crippen molar-refractivity contribution < 1.29 is 4.79 Å². The van der Waals surface area contributed by atoms with Gasteiger partial charge in [0.15, 0.2) is 0 Å². The lowest BCUT2D eigenvalue weighted by atomic mass is 10.0. The molecule has 1 heterocycles. The van der Waals surface area contributed by atoms with Gasteiger partial charge in [0.05, 0.1) is 0 Å². The molecule has 0 saturated carbocycles. The molecule has 1 aliphatic heterocycles. The van der Waals surface area contributed by atoms with Gasteiger partial charge in [-0.1, -0.05) is 6.42 Å². The van der Waals surface area contributed by atoms with Crippen LogP contribution in [0.1, 0.15) is 39.5 Å². The summed E-state index contributed by atoms with van der Waals surface area (Å²) in [6.07, 6.45) is 4.50. The Morgan fingerprint density at radius 3 is 2.63 bits per heavy atom. The van der Waals surface area contributed by atoms with Crippen molar-refractivity contribution in [1.82, 2.24) is 15.5 Å². The summed E-state index contributed by atoms with van der Waals surface area (Å²) in [5, 5.41) is 6.00. The standard InChI is InChI=1S/C13H27N3O.2ClH/c1-11-6-4-5-9-16(11)12(2)10-15-13(17)7-8-14-3;;/h11-12,14H,4-10H2,1-3H3,(H,15,17);2*1H. The van der Waals surface area contributed by atoms with Crippen molar-refractivity contribution in [3.8, 4) is 0 Å². The van der Waals surface area contributed by atoms with E-state index in [-0.39, 0.29) is 30.7 Å². The van der Waals surface area contributed by atoms with Crippen molar-refractivity contribution in [2.75, 3.05) is 26.7 Å². The van der Waals surface area contributed by atoms with Gasteiger partial charge < -0.3 is 10.6 Å². The van der Waals surface area contributed by atoms with Crippen LogP contribution in [0.3, 0.4) is 0 Å². The van der Waals surface area contributed by atoms with Crippen molar-refractivity contribution in [3.05, 3.63) is 0 Å². The van der Waals surface area contributed by atoms with Crippen LogP contribution in [-0.4, -0.2) is 49.6 Å². The topological polar surface area (TPSA) is 44.4 Å². The van der Waals surface area contributed by atoms with Crippen molar-refractivity contribution in [3.63, 3.8) is 0 Å². The first kappa shape index (κ1) is 21.3. The van der Waals surface area contributed by atoms with Crippen LogP contribution in [0.15, 0.2) is 0 Å². The second-order valence-corrected chi connectivity index (χ2v) is 5.09. The third-order valence-corrected chi connectivity index (χ3v) is 3.62. The number of nitrogens with one attached hydrogen (secondary N) is 2. The number of piperidine rings is 1. The van der Waals surface area contributed by atoms with Gasteiger partial charge in [-0.05, 0) is 40.3 Å². The second kappa shape index (κ2) is 11.8. The van der Waals surface area contributed by atoms with E-state index < -0.39 is 0 Å². The summed E-state index contributed by atoms with van der Waals surface area (Å²) in [6, 6.07) is 1.11. The molecule has 0 aromatic heterocycles. The summed E-state index contributed by atoms with van der Waals surface area (Å²) in [4.78, 5) is 14.0. The van der Waals surface area contributed by atoms with Crippen LogP contribution in [0.25, 0.3) is 0 Å². The third-order valence-electron chi connectivity index (χ3n) is 3.62. The van der Waals surface area contributed by atoms with Gasteiger partial charge in [0.2, 0.25) is 5.91 Å². The van der Waals surface area contributed by atoms with Gasteiger partial charge >= 0.3 is 0 Å². The molecule has 19 heavy (non-hydrogen) atoms. The molecule has 116 valence electrons. The van der Waals surface area contributed by atoms with E-state index in [0.29, 0.717) is 18.5 Å². The number of carbonyl (C=O) groups is 1. The molecule has 1 aliphatic rings. The van der Waals surface area contributed by atoms with Crippen molar-refractivity contribution >= 4 is 30.7 Å². The summed E-state index contributed by atoms with van der Waals surface area (Å²) in [5.74, 6) is 0.149. The van der Waals surface area contributed by atoms with E-state index in [4.69, 9.17) is 0 Å². The molecule has 2 atom stereocenters. The zero-order valence-electron chi connectivity index (χ0n) is 12.3. The molecule has 0 bridgehead atoms. The molecule has 0 radical (unpaired) electrons. The molecule has 2 N–H and O–H groups in total. The number of hydrogen-bond acceptors (Lipinski definition) is 3. The number of carbonyl (C=O) groups excluding carboxylic acids is 1. The van der Waals surface area contributed by atoms with Crippen LogP contribution in [0.4, 0.5) is 0 Å². The molecular weight excluding hydrogens is 285 g/mol. The molecule has 0 aromatic rings. The first-order valence-electron chi connectivity index (χ1n) is 6.82. The van der Waals surface area contributed by atoms with E-state index in [2.05, 4.69) is 29.4 Å². The van der Waals surface area contributed by atoms with Crippen molar-refractivity contribution in [1.29, 1.82) is 0 Å². The molecule has 0 aromatic carbocycles. The Kier molecular flexibility index (Phi) is 13.2. The van der Waals surface area contributed by atoms with E-state index in [1.165, 1.54) is 25.8 Å². The van der Waals surface area contributed by atoms with Crippen molar-refractivity contribution in [2.45, 2.75) is 51.6 Å². The molecule has 1 rings (SSSR count). The zero-order chi connectivity index (χ0) is 12.7. The molecule has 1 fully saturated rings. The molecule has 6 heteroatoms. The highest BCUT2D eigenvalue weighted by Gasteiger charge is 2.22. The van der Waals surface area contributed by atoms with Gasteiger partial charge in [-0.15, -0.1) is 24.8 Å². The highest BCUT2D eigenvalue weighted by Crippen LogP contribution is 2.18. The van der Waals surface area contributed by atoms with Gasteiger partial charge in [0.1, 0.15) is 0 Å². The maximum Gasteiger partial charge on any atom is 0.221 e. The first-order chi connectivity index (χ1) is 8.15. The number of hydrogen-bond donors (Lipinski definition) is 2. The first-order valence-corrected chi connectivity index (χ1v) is 6.82. The Morgan fingerprint density at radius 1 is 1.37 bits per heavy atom. The van der Waals surface area contributed by atoms with Crippen LogP contribution in [0, 0.1) is 0 Å².